The van der Waals surface area contributed by atoms with E-state index in [1.54, 1.807) is 24.3 Å². The van der Waals surface area contributed by atoms with E-state index < -0.39 is 0 Å². The molecule has 6 heteroatoms. The summed E-state index contributed by atoms with van der Waals surface area (Å²) in [4.78, 5) is 24.1. The van der Waals surface area contributed by atoms with Gasteiger partial charge in [-0.1, -0.05) is 52.3 Å². The summed E-state index contributed by atoms with van der Waals surface area (Å²) in [6.45, 7) is 0.621. The molecule has 5 nitrogen and oxygen atoms in total. The first kappa shape index (κ1) is 17.1. The van der Waals surface area contributed by atoms with Crippen LogP contribution < -0.4 is 10.9 Å². The van der Waals surface area contributed by atoms with Gasteiger partial charge in [0.05, 0.1) is 12.2 Å². The molecule has 25 heavy (non-hydrogen) atoms. The Morgan fingerprint density at radius 1 is 1.04 bits per heavy atom. The molecule has 0 atom stereocenters. The Kier molecular flexibility index (Phi) is 5.40. The summed E-state index contributed by atoms with van der Waals surface area (Å²) in [7, 11) is 0. The third kappa shape index (κ3) is 4.42. The van der Waals surface area contributed by atoms with Crippen LogP contribution >= 0.6 is 15.9 Å². The van der Waals surface area contributed by atoms with Gasteiger partial charge in [0.1, 0.15) is 0 Å². The second-order valence-electron chi connectivity index (χ2n) is 5.41. The second kappa shape index (κ2) is 7.90. The monoisotopic (exact) mass is 397 g/mol. The number of halogens is 1. The molecule has 0 bridgehead atoms. The van der Waals surface area contributed by atoms with Crippen molar-refractivity contribution in [3.8, 4) is 11.3 Å². The van der Waals surface area contributed by atoms with Crippen LogP contribution in [0.4, 0.5) is 0 Å². The third-order valence-electron chi connectivity index (χ3n) is 3.63. The van der Waals surface area contributed by atoms with Gasteiger partial charge < -0.3 is 5.32 Å². The van der Waals surface area contributed by atoms with Crippen molar-refractivity contribution in [2.24, 2.45) is 0 Å². The molecular weight excluding hydrogens is 382 g/mol. The minimum atomic E-state index is -0.198. The molecule has 0 saturated carbocycles. The molecule has 1 amide bonds. The molecule has 1 aromatic heterocycles. The summed E-state index contributed by atoms with van der Waals surface area (Å²) in [5.41, 5.74) is 2.03. The number of aromatic nitrogens is 2. The summed E-state index contributed by atoms with van der Waals surface area (Å²) in [5.74, 6) is -0.187. The fraction of sp³-hybridized carbons (Fsp3) is 0.105. The van der Waals surface area contributed by atoms with Crippen molar-refractivity contribution in [1.29, 1.82) is 0 Å². The lowest BCUT2D eigenvalue weighted by Crippen LogP contribution is -2.31. The predicted molar refractivity (Wildman–Crippen MR) is 100 cm³/mol. The largest absolute Gasteiger partial charge is 0.350 e. The van der Waals surface area contributed by atoms with Crippen LogP contribution in [-0.2, 0) is 6.54 Å². The minimum absolute atomic E-state index is 0.187. The van der Waals surface area contributed by atoms with E-state index in [1.807, 2.05) is 36.4 Å². The SMILES string of the molecule is O=C(NCCn1nc(-c2ccccc2)ccc1=O)c1cccc(Br)c1. The molecule has 0 aliphatic heterocycles. The van der Waals surface area contributed by atoms with Gasteiger partial charge in [-0.25, -0.2) is 4.68 Å². The summed E-state index contributed by atoms with van der Waals surface area (Å²) in [6.07, 6.45) is 0. The normalized spacial score (nSPS) is 10.4. The van der Waals surface area contributed by atoms with Gasteiger partial charge in [0.15, 0.2) is 0 Å². The van der Waals surface area contributed by atoms with Crippen LogP contribution in [0.1, 0.15) is 10.4 Å². The highest BCUT2D eigenvalue weighted by Gasteiger charge is 2.07. The highest BCUT2D eigenvalue weighted by molar-refractivity contribution is 9.10. The summed E-state index contributed by atoms with van der Waals surface area (Å²) in [5, 5.41) is 7.17. The molecule has 0 saturated heterocycles. The molecule has 3 rings (SSSR count). The number of amides is 1. The predicted octanol–water partition coefficient (Wildman–Crippen LogP) is 3.10. The quantitative estimate of drug-likeness (QED) is 0.719. The van der Waals surface area contributed by atoms with E-state index in [9.17, 15) is 9.59 Å². The lowest BCUT2D eigenvalue weighted by atomic mass is 10.1. The Morgan fingerprint density at radius 3 is 2.60 bits per heavy atom. The van der Waals surface area contributed by atoms with E-state index >= 15 is 0 Å². The average molecular weight is 398 g/mol. The van der Waals surface area contributed by atoms with Crippen molar-refractivity contribution in [1.82, 2.24) is 15.1 Å². The lowest BCUT2D eigenvalue weighted by molar-refractivity contribution is 0.0951. The van der Waals surface area contributed by atoms with E-state index in [1.165, 1.54) is 10.7 Å². The van der Waals surface area contributed by atoms with Crippen molar-refractivity contribution in [3.05, 3.63) is 87.1 Å². The van der Waals surface area contributed by atoms with Crippen LogP contribution in [0, 0.1) is 0 Å². The topological polar surface area (TPSA) is 64.0 Å². The summed E-state index contributed by atoms with van der Waals surface area (Å²) < 4.78 is 2.21. The molecule has 2 aromatic carbocycles. The van der Waals surface area contributed by atoms with Crippen molar-refractivity contribution in [2.45, 2.75) is 6.54 Å². The van der Waals surface area contributed by atoms with E-state index in [4.69, 9.17) is 0 Å². The van der Waals surface area contributed by atoms with Gasteiger partial charge in [-0.05, 0) is 24.3 Å². The highest BCUT2D eigenvalue weighted by atomic mass is 79.9. The second-order valence-corrected chi connectivity index (χ2v) is 6.33. The Morgan fingerprint density at radius 2 is 1.84 bits per heavy atom. The Labute approximate surface area is 153 Å². The molecule has 0 spiro atoms. The van der Waals surface area contributed by atoms with Crippen LogP contribution in [0.2, 0.25) is 0 Å². The van der Waals surface area contributed by atoms with Crippen molar-refractivity contribution in [3.63, 3.8) is 0 Å². The van der Waals surface area contributed by atoms with Gasteiger partial charge in [0.2, 0.25) is 0 Å². The van der Waals surface area contributed by atoms with Gasteiger partial charge in [-0.2, -0.15) is 5.10 Å². The summed E-state index contributed by atoms with van der Waals surface area (Å²) >= 11 is 3.34. The number of benzene rings is 2. The smallest absolute Gasteiger partial charge is 0.266 e. The maximum Gasteiger partial charge on any atom is 0.266 e. The first-order valence-electron chi connectivity index (χ1n) is 7.81. The maximum atomic E-state index is 12.1. The molecular formula is C19H16BrN3O2. The number of nitrogens with one attached hydrogen (secondary N) is 1. The van der Waals surface area contributed by atoms with Gasteiger partial charge in [-0.3, -0.25) is 9.59 Å². The molecule has 126 valence electrons. The fourth-order valence-corrected chi connectivity index (χ4v) is 2.78. The Bertz CT molecular complexity index is 939. The number of rotatable bonds is 5. The van der Waals surface area contributed by atoms with Crippen LogP contribution in [0.25, 0.3) is 11.3 Å². The molecule has 0 aliphatic rings. The molecule has 0 aliphatic carbocycles. The zero-order valence-corrected chi connectivity index (χ0v) is 14.9. The molecule has 0 radical (unpaired) electrons. The first-order valence-corrected chi connectivity index (χ1v) is 8.60. The van der Waals surface area contributed by atoms with Crippen LogP contribution in [0.5, 0.6) is 0 Å². The first-order chi connectivity index (χ1) is 12.1. The van der Waals surface area contributed by atoms with E-state index in [0.717, 1.165) is 15.7 Å². The van der Waals surface area contributed by atoms with E-state index in [0.29, 0.717) is 18.7 Å². The average Bonchev–Trinajstić information content (AvgIpc) is 2.64. The number of hydrogen-bond donors (Lipinski definition) is 1. The Balaban J connectivity index is 1.67. The van der Waals surface area contributed by atoms with Crippen molar-refractivity contribution in [2.75, 3.05) is 6.54 Å². The van der Waals surface area contributed by atoms with Crippen LogP contribution in [-0.4, -0.2) is 22.2 Å². The molecule has 3 aromatic rings. The maximum absolute atomic E-state index is 12.1. The van der Waals surface area contributed by atoms with Gasteiger partial charge in [0.25, 0.3) is 11.5 Å². The third-order valence-corrected chi connectivity index (χ3v) is 4.13. The van der Waals surface area contributed by atoms with E-state index in [-0.39, 0.29) is 11.5 Å². The van der Waals surface area contributed by atoms with Crippen molar-refractivity contribution >= 4 is 21.8 Å². The van der Waals surface area contributed by atoms with E-state index in [2.05, 4.69) is 26.3 Å². The molecule has 1 heterocycles. The Hall–Kier alpha value is -2.73. The van der Waals surface area contributed by atoms with Gasteiger partial charge in [-0.15, -0.1) is 0 Å². The number of carbonyl (C=O) groups excluding carboxylic acids is 1. The van der Waals surface area contributed by atoms with Crippen LogP contribution in [0.3, 0.4) is 0 Å². The zero-order valence-electron chi connectivity index (χ0n) is 13.4. The molecule has 0 unspecified atom stereocenters. The minimum Gasteiger partial charge on any atom is -0.350 e. The van der Waals surface area contributed by atoms with Crippen molar-refractivity contribution < 1.29 is 4.79 Å². The lowest BCUT2D eigenvalue weighted by Gasteiger charge is -2.09. The highest BCUT2D eigenvalue weighted by Crippen LogP contribution is 2.14. The van der Waals surface area contributed by atoms with Crippen LogP contribution in [0.15, 0.2) is 76.0 Å². The van der Waals surface area contributed by atoms with Gasteiger partial charge >= 0.3 is 0 Å². The standard InChI is InChI=1S/C19H16BrN3O2/c20-16-8-4-7-15(13-16)19(25)21-11-12-23-18(24)10-9-17(22-23)14-5-2-1-3-6-14/h1-10,13H,11-12H2,(H,21,25). The zero-order chi connectivity index (χ0) is 17.6. The van der Waals surface area contributed by atoms with Gasteiger partial charge in [0, 0.05) is 28.2 Å². The fourth-order valence-electron chi connectivity index (χ4n) is 2.38. The number of nitrogens with zero attached hydrogens (tertiary/aromatic N) is 2. The number of carbonyl (C=O) groups is 1. The molecule has 0 fully saturated rings. The molecule has 1 N–H and O–H groups in total. The summed E-state index contributed by atoms with van der Waals surface area (Å²) in [6, 6.07) is 20.0. The number of hydrogen-bond acceptors (Lipinski definition) is 3.